The number of carbonyl (C=O) groups excluding carboxylic acids is 2. The quantitative estimate of drug-likeness (QED) is 0.859. The highest BCUT2D eigenvalue weighted by molar-refractivity contribution is 6.31. The third-order valence-electron chi connectivity index (χ3n) is 5.40. The summed E-state index contributed by atoms with van der Waals surface area (Å²) in [5.74, 6) is 0.577. The summed E-state index contributed by atoms with van der Waals surface area (Å²) in [5, 5.41) is 3.53. The second-order valence-electron chi connectivity index (χ2n) is 7.02. The maximum Gasteiger partial charge on any atom is 0.225 e. The molecule has 0 spiro atoms. The van der Waals surface area contributed by atoms with E-state index in [-0.39, 0.29) is 29.9 Å². The van der Waals surface area contributed by atoms with Gasteiger partial charge >= 0.3 is 0 Å². The minimum absolute atomic E-state index is 0.0486. The van der Waals surface area contributed by atoms with Gasteiger partial charge in [0.25, 0.3) is 0 Å². The van der Waals surface area contributed by atoms with Crippen molar-refractivity contribution in [3.05, 3.63) is 76.0 Å². The number of ether oxygens (including phenoxy) is 1. The number of rotatable bonds is 3. The van der Waals surface area contributed by atoms with Crippen molar-refractivity contribution in [3.63, 3.8) is 0 Å². The van der Waals surface area contributed by atoms with Gasteiger partial charge in [0, 0.05) is 35.1 Å². The Balaban J connectivity index is 1.70. The van der Waals surface area contributed by atoms with Crippen LogP contribution in [0.3, 0.4) is 0 Å². The zero-order chi connectivity index (χ0) is 19.0. The van der Waals surface area contributed by atoms with E-state index in [0.717, 1.165) is 22.6 Å². The van der Waals surface area contributed by atoms with E-state index in [1.165, 1.54) is 0 Å². The molecule has 0 unspecified atom stereocenters. The zero-order valence-corrected chi connectivity index (χ0v) is 15.8. The lowest BCUT2D eigenvalue weighted by Gasteiger charge is -2.34. The van der Waals surface area contributed by atoms with Gasteiger partial charge in [-0.1, -0.05) is 41.9 Å². The van der Waals surface area contributed by atoms with E-state index in [1.54, 1.807) is 13.2 Å². The Hall–Kier alpha value is -2.59. The lowest BCUT2D eigenvalue weighted by Crippen LogP contribution is -2.38. The maximum atomic E-state index is 13.1. The van der Waals surface area contributed by atoms with Gasteiger partial charge in [-0.05, 0) is 41.7 Å². The molecule has 0 radical (unpaired) electrons. The molecule has 4 rings (SSSR count). The van der Waals surface area contributed by atoms with Crippen molar-refractivity contribution >= 4 is 23.3 Å². The third-order valence-corrected chi connectivity index (χ3v) is 5.75. The molecule has 1 aliphatic carbocycles. The highest BCUT2D eigenvalue weighted by Crippen LogP contribution is 2.44. The van der Waals surface area contributed by atoms with Gasteiger partial charge in [0.1, 0.15) is 5.75 Å². The van der Waals surface area contributed by atoms with Crippen LogP contribution in [0.25, 0.3) is 0 Å². The molecule has 0 bridgehead atoms. The predicted octanol–water partition coefficient (Wildman–Crippen LogP) is 4.35. The molecule has 2 aliphatic rings. The number of carbonyl (C=O) groups is 2. The van der Waals surface area contributed by atoms with E-state index in [2.05, 4.69) is 5.32 Å². The molecular formula is C22H20ClNO3. The molecule has 1 heterocycles. The summed E-state index contributed by atoms with van der Waals surface area (Å²) >= 11 is 6.36. The van der Waals surface area contributed by atoms with Crippen molar-refractivity contribution in [2.24, 2.45) is 0 Å². The zero-order valence-electron chi connectivity index (χ0n) is 15.0. The van der Waals surface area contributed by atoms with Gasteiger partial charge in [-0.3, -0.25) is 9.59 Å². The lowest BCUT2D eigenvalue weighted by atomic mass is 9.73. The van der Waals surface area contributed by atoms with Crippen molar-refractivity contribution in [1.29, 1.82) is 0 Å². The van der Waals surface area contributed by atoms with Crippen LogP contribution in [-0.2, 0) is 9.59 Å². The van der Waals surface area contributed by atoms with Crippen LogP contribution in [0.1, 0.15) is 42.2 Å². The van der Waals surface area contributed by atoms with E-state index >= 15 is 0 Å². The van der Waals surface area contributed by atoms with Crippen LogP contribution in [0.5, 0.6) is 5.75 Å². The summed E-state index contributed by atoms with van der Waals surface area (Å²) in [5.41, 5.74) is 3.38. The molecule has 5 heteroatoms. The van der Waals surface area contributed by atoms with E-state index in [1.807, 2.05) is 42.5 Å². The second-order valence-corrected chi connectivity index (χ2v) is 7.43. The van der Waals surface area contributed by atoms with Gasteiger partial charge in [0.2, 0.25) is 5.91 Å². The average molecular weight is 382 g/mol. The monoisotopic (exact) mass is 381 g/mol. The first-order valence-corrected chi connectivity index (χ1v) is 9.39. The Morgan fingerprint density at radius 3 is 2.44 bits per heavy atom. The number of hydrogen-bond donors (Lipinski definition) is 1. The summed E-state index contributed by atoms with van der Waals surface area (Å²) < 4.78 is 5.21. The topological polar surface area (TPSA) is 55.4 Å². The highest BCUT2D eigenvalue weighted by Gasteiger charge is 2.38. The molecule has 1 amide bonds. The summed E-state index contributed by atoms with van der Waals surface area (Å²) in [4.78, 5) is 25.4. The number of allylic oxidation sites excluding steroid dienone is 2. The van der Waals surface area contributed by atoms with Gasteiger partial charge in [-0.15, -0.1) is 0 Å². The summed E-state index contributed by atoms with van der Waals surface area (Å²) in [6, 6.07) is 15.2. The maximum absolute atomic E-state index is 13.1. The Kier molecular flexibility index (Phi) is 4.75. The largest absolute Gasteiger partial charge is 0.497 e. The number of methoxy groups -OCH3 is 1. The van der Waals surface area contributed by atoms with Crippen molar-refractivity contribution in [1.82, 2.24) is 5.32 Å². The Morgan fingerprint density at radius 2 is 1.74 bits per heavy atom. The Bertz CT molecular complexity index is 933. The van der Waals surface area contributed by atoms with Crippen LogP contribution < -0.4 is 10.1 Å². The van der Waals surface area contributed by atoms with Gasteiger partial charge in [-0.2, -0.15) is 0 Å². The summed E-state index contributed by atoms with van der Waals surface area (Å²) in [6.45, 7) is 0. The first-order valence-electron chi connectivity index (χ1n) is 9.01. The molecule has 0 saturated heterocycles. The van der Waals surface area contributed by atoms with Crippen molar-refractivity contribution in [2.45, 2.75) is 31.1 Å². The number of halogens is 1. The SMILES string of the molecule is COc1ccc([C@@H]2CC(=O)C3=C(C2)NC(=O)C[C@H]3c2ccccc2Cl)cc1. The van der Waals surface area contributed by atoms with Crippen molar-refractivity contribution in [2.75, 3.05) is 7.11 Å². The molecule has 2 atom stereocenters. The van der Waals surface area contributed by atoms with Crippen LogP contribution in [0.2, 0.25) is 5.02 Å². The normalized spacial score (nSPS) is 22.3. The van der Waals surface area contributed by atoms with E-state index < -0.39 is 0 Å². The van der Waals surface area contributed by atoms with Crippen LogP contribution >= 0.6 is 11.6 Å². The molecule has 2 aromatic rings. The molecule has 4 nitrogen and oxygen atoms in total. The predicted molar refractivity (Wildman–Crippen MR) is 104 cm³/mol. The second kappa shape index (κ2) is 7.20. The minimum atomic E-state index is -0.272. The fraction of sp³-hybridized carbons (Fsp3) is 0.273. The van der Waals surface area contributed by atoms with E-state index in [9.17, 15) is 9.59 Å². The highest BCUT2D eigenvalue weighted by atomic mass is 35.5. The van der Waals surface area contributed by atoms with Crippen LogP contribution in [0.4, 0.5) is 0 Å². The van der Waals surface area contributed by atoms with Gasteiger partial charge in [-0.25, -0.2) is 0 Å². The van der Waals surface area contributed by atoms with Crippen molar-refractivity contribution in [3.8, 4) is 5.75 Å². The fourth-order valence-corrected chi connectivity index (χ4v) is 4.36. The summed E-state index contributed by atoms with van der Waals surface area (Å²) in [6.07, 6.45) is 1.32. The number of Topliss-reactive ketones (excluding diaryl/α,β-unsaturated/α-hetero) is 1. The molecular weight excluding hydrogens is 362 g/mol. The number of ketones is 1. The molecule has 0 fully saturated rings. The van der Waals surface area contributed by atoms with E-state index in [4.69, 9.17) is 16.3 Å². The van der Waals surface area contributed by atoms with Gasteiger partial charge in [0.05, 0.1) is 7.11 Å². The number of nitrogens with one attached hydrogen (secondary N) is 1. The molecule has 27 heavy (non-hydrogen) atoms. The standard InChI is InChI=1S/C22H20ClNO3/c1-27-15-8-6-13(7-9-15)14-10-19-22(20(25)11-14)17(12-21(26)24-19)16-4-2-3-5-18(16)23/h2-9,14,17H,10-12H2,1H3,(H,24,26)/t14-,17-/m0/s1. The molecule has 0 aromatic heterocycles. The lowest BCUT2D eigenvalue weighted by molar-refractivity contribution is -0.122. The molecule has 0 saturated carbocycles. The smallest absolute Gasteiger partial charge is 0.225 e. The molecule has 138 valence electrons. The molecule has 1 aliphatic heterocycles. The van der Waals surface area contributed by atoms with Crippen LogP contribution in [-0.4, -0.2) is 18.8 Å². The number of hydrogen-bond acceptors (Lipinski definition) is 3. The number of benzene rings is 2. The van der Waals surface area contributed by atoms with Crippen LogP contribution in [0, 0.1) is 0 Å². The van der Waals surface area contributed by atoms with Crippen LogP contribution in [0.15, 0.2) is 59.8 Å². The van der Waals surface area contributed by atoms with Gasteiger partial charge in [0.15, 0.2) is 5.78 Å². The first kappa shape index (κ1) is 17.8. The van der Waals surface area contributed by atoms with Gasteiger partial charge < -0.3 is 10.1 Å². The molecule has 1 N–H and O–H groups in total. The third kappa shape index (κ3) is 3.37. The summed E-state index contributed by atoms with van der Waals surface area (Å²) in [7, 11) is 1.63. The number of amides is 1. The average Bonchev–Trinajstić information content (AvgIpc) is 2.67. The Labute approximate surface area is 163 Å². The van der Waals surface area contributed by atoms with E-state index in [0.29, 0.717) is 23.4 Å². The molecule has 2 aromatic carbocycles. The first-order chi connectivity index (χ1) is 13.1. The van der Waals surface area contributed by atoms with Crippen molar-refractivity contribution < 1.29 is 14.3 Å². The minimum Gasteiger partial charge on any atom is -0.497 e. The fourth-order valence-electron chi connectivity index (χ4n) is 4.10. The Morgan fingerprint density at radius 1 is 1.00 bits per heavy atom.